The minimum Gasteiger partial charge on any atom is -0.354 e. The Morgan fingerprint density at radius 3 is 2.96 bits per heavy atom. The SMILES string of the molecule is CN(C(=O)CC(F)(F)F)C1CCN(c2[nH]ncc3cnc4nccc4c23)C1. The molecule has 7 nitrogen and oxygen atoms in total. The Morgan fingerprint density at radius 2 is 2.19 bits per heavy atom. The number of aromatic amines is 1. The van der Waals surface area contributed by atoms with Crippen molar-refractivity contribution in [3.8, 4) is 0 Å². The van der Waals surface area contributed by atoms with Gasteiger partial charge in [0, 0.05) is 48.7 Å². The van der Waals surface area contributed by atoms with Gasteiger partial charge in [-0.1, -0.05) is 0 Å². The van der Waals surface area contributed by atoms with Gasteiger partial charge in [0.1, 0.15) is 12.2 Å². The minimum atomic E-state index is -4.50. The summed E-state index contributed by atoms with van der Waals surface area (Å²) in [5, 5.41) is 9.78. The highest BCUT2D eigenvalue weighted by atomic mass is 19.4. The number of H-pyrrole nitrogens is 1. The summed E-state index contributed by atoms with van der Waals surface area (Å²) in [6.45, 7) is 1.03. The first-order chi connectivity index (χ1) is 12.8. The third-order valence-electron chi connectivity index (χ3n) is 4.95. The van der Waals surface area contributed by atoms with E-state index in [1.807, 2.05) is 11.0 Å². The second-order valence-corrected chi connectivity index (χ2v) is 6.67. The maximum Gasteiger partial charge on any atom is 0.397 e. The zero-order valence-corrected chi connectivity index (χ0v) is 14.5. The van der Waals surface area contributed by atoms with Crippen LogP contribution in [0.4, 0.5) is 19.0 Å². The fourth-order valence-corrected chi connectivity index (χ4v) is 3.55. The van der Waals surface area contributed by atoms with E-state index in [0.717, 1.165) is 22.0 Å². The molecule has 0 spiro atoms. The van der Waals surface area contributed by atoms with Crippen LogP contribution < -0.4 is 4.90 Å². The third-order valence-corrected chi connectivity index (χ3v) is 4.95. The molecule has 1 atom stereocenters. The normalized spacial score (nSPS) is 17.8. The molecular formula is C17H17F3N6O. The van der Waals surface area contributed by atoms with E-state index in [4.69, 9.17) is 0 Å². The van der Waals surface area contributed by atoms with Crippen LogP contribution in [0.5, 0.6) is 0 Å². The Labute approximate surface area is 152 Å². The fraction of sp³-hybridized carbons (Fsp3) is 0.412. The van der Waals surface area contributed by atoms with Crippen molar-refractivity contribution in [2.24, 2.45) is 0 Å². The Hall–Kier alpha value is -2.91. The van der Waals surface area contributed by atoms with Gasteiger partial charge in [0.25, 0.3) is 0 Å². The molecule has 1 N–H and O–H groups in total. The van der Waals surface area contributed by atoms with Gasteiger partial charge >= 0.3 is 6.18 Å². The number of amides is 1. The number of fused-ring (bicyclic) bond motifs is 3. The molecule has 4 heterocycles. The number of rotatable bonds is 3. The first kappa shape index (κ1) is 17.5. The van der Waals surface area contributed by atoms with Crippen molar-refractivity contribution >= 4 is 33.5 Å². The number of hydrogen-bond acceptors (Lipinski definition) is 5. The number of aromatic nitrogens is 4. The number of nitrogens with one attached hydrogen (secondary N) is 1. The lowest BCUT2D eigenvalue weighted by molar-refractivity contribution is -0.161. The van der Waals surface area contributed by atoms with Crippen molar-refractivity contribution in [2.75, 3.05) is 25.0 Å². The third kappa shape index (κ3) is 3.26. The molecule has 3 aromatic rings. The van der Waals surface area contributed by atoms with Crippen LogP contribution in [0.15, 0.2) is 24.7 Å². The maximum absolute atomic E-state index is 12.5. The molecule has 0 bridgehead atoms. The Bertz CT molecular complexity index is 1000. The monoisotopic (exact) mass is 378 g/mol. The van der Waals surface area contributed by atoms with E-state index >= 15 is 0 Å². The summed E-state index contributed by atoms with van der Waals surface area (Å²) in [5.74, 6) is -0.159. The van der Waals surface area contributed by atoms with Crippen LogP contribution >= 0.6 is 0 Å². The Morgan fingerprint density at radius 1 is 1.37 bits per heavy atom. The summed E-state index contributed by atoms with van der Waals surface area (Å²) in [7, 11) is 1.43. The van der Waals surface area contributed by atoms with Gasteiger partial charge in [0.2, 0.25) is 5.91 Å². The predicted octanol–water partition coefficient (Wildman–Crippen LogP) is 2.50. The number of anilines is 1. The molecular weight excluding hydrogens is 361 g/mol. The van der Waals surface area contributed by atoms with Crippen molar-refractivity contribution in [1.82, 2.24) is 25.1 Å². The first-order valence-corrected chi connectivity index (χ1v) is 8.47. The molecule has 0 aromatic carbocycles. The lowest BCUT2D eigenvalue weighted by Gasteiger charge is -2.26. The fourth-order valence-electron chi connectivity index (χ4n) is 3.55. The topological polar surface area (TPSA) is 78.0 Å². The number of nitrogens with zero attached hydrogens (tertiary/aromatic N) is 5. The van der Waals surface area contributed by atoms with Crippen molar-refractivity contribution in [1.29, 1.82) is 0 Å². The van der Waals surface area contributed by atoms with E-state index in [-0.39, 0.29) is 6.04 Å². The summed E-state index contributed by atoms with van der Waals surface area (Å²) in [5.41, 5.74) is 0.622. The number of carbonyl (C=O) groups is 1. The highest BCUT2D eigenvalue weighted by Crippen LogP contribution is 2.32. The number of likely N-dealkylation sites (N-methyl/N-ethyl adjacent to an activating group) is 1. The zero-order valence-electron chi connectivity index (χ0n) is 14.5. The van der Waals surface area contributed by atoms with Gasteiger partial charge < -0.3 is 9.80 Å². The highest BCUT2D eigenvalue weighted by Gasteiger charge is 2.36. The number of alkyl halides is 3. The second-order valence-electron chi connectivity index (χ2n) is 6.67. The van der Waals surface area contributed by atoms with Crippen LogP contribution in [0.25, 0.3) is 21.8 Å². The van der Waals surface area contributed by atoms with Gasteiger partial charge in [0.15, 0.2) is 5.65 Å². The average molecular weight is 378 g/mol. The van der Waals surface area contributed by atoms with Gasteiger partial charge in [-0.2, -0.15) is 18.3 Å². The molecule has 1 amide bonds. The molecule has 0 radical (unpaired) electrons. The van der Waals surface area contributed by atoms with Crippen LogP contribution in [0, 0.1) is 0 Å². The second kappa shape index (κ2) is 6.36. The summed E-state index contributed by atoms with van der Waals surface area (Å²) in [6, 6.07) is 1.58. The van der Waals surface area contributed by atoms with E-state index in [0.29, 0.717) is 25.2 Å². The number of halogens is 3. The molecule has 27 heavy (non-hydrogen) atoms. The number of pyridine rings is 1. The summed E-state index contributed by atoms with van der Waals surface area (Å²) in [4.78, 5) is 23.6. The van der Waals surface area contributed by atoms with Gasteiger partial charge in [-0.25, -0.2) is 9.97 Å². The molecule has 3 aromatic heterocycles. The van der Waals surface area contributed by atoms with E-state index in [2.05, 4.69) is 20.2 Å². The van der Waals surface area contributed by atoms with Gasteiger partial charge in [-0.3, -0.25) is 9.89 Å². The molecule has 0 aliphatic carbocycles. The van der Waals surface area contributed by atoms with E-state index in [9.17, 15) is 18.0 Å². The van der Waals surface area contributed by atoms with E-state index in [1.54, 1.807) is 18.6 Å². The molecule has 1 saturated heterocycles. The molecule has 1 aliphatic heterocycles. The Balaban J connectivity index is 1.61. The lowest BCUT2D eigenvalue weighted by Crippen LogP contribution is -2.40. The van der Waals surface area contributed by atoms with Crippen molar-refractivity contribution in [3.05, 3.63) is 24.7 Å². The molecule has 1 unspecified atom stereocenters. The molecule has 1 fully saturated rings. The average Bonchev–Trinajstić information content (AvgIpc) is 3.28. The number of hydrogen-bond donors (Lipinski definition) is 1. The van der Waals surface area contributed by atoms with Crippen LogP contribution in [-0.4, -0.2) is 63.3 Å². The standard InChI is InChI=1S/C17H17F3N6O/c1-25(13(27)6-17(18,19)20)11-3-5-26(9-11)16-14-10(8-23-24-16)7-22-15-12(14)2-4-21-15/h2,4,7-8,11,24H,3,5-6,9H2,1H3. The molecule has 142 valence electrons. The predicted molar refractivity (Wildman–Crippen MR) is 93.2 cm³/mol. The van der Waals surface area contributed by atoms with Crippen LogP contribution in [-0.2, 0) is 4.79 Å². The molecule has 4 rings (SSSR count). The largest absolute Gasteiger partial charge is 0.397 e. The van der Waals surface area contributed by atoms with Gasteiger partial charge in [-0.15, -0.1) is 0 Å². The van der Waals surface area contributed by atoms with Gasteiger partial charge in [0.05, 0.1) is 12.2 Å². The minimum absolute atomic E-state index is 0.293. The molecule has 0 saturated carbocycles. The van der Waals surface area contributed by atoms with Crippen molar-refractivity contribution < 1.29 is 18.0 Å². The quantitative estimate of drug-likeness (QED) is 0.758. The van der Waals surface area contributed by atoms with E-state index in [1.165, 1.54) is 11.9 Å². The van der Waals surface area contributed by atoms with Crippen LogP contribution in [0.3, 0.4) is 0 Å². The first-order valence-electron chi connectivity index (χ1n) is 8.47. The van der Waals surface area contributed by atoms with Crippen molar-refractivity contribution in [2.45, 2.75) is 25.1 Å². The lowest BCUT2D eigenvalue weighted by atomic mass is 10.1. The van der Waals surface area contributed by atoms with Crippen molar-refractivity contribution in [3.63, 3.8) is 0 Å². The molecule has 10 heteroatoms. The zero-order chi connectivity index (χ0) is 19.2. The summed E-state index contributed by atoms with van der Waals surface area (Å²) >= 11 is 0. The Kier molecular flexibility index (Phi) is 4.12. The van der Waals surface area contributed by atoms with Crippen LogP contribution in [0.1, 0.15) is 12.8 Å². The van der Waals surface area contributed by atoms with E-state index < -0.39 is 18.5 Å². The maximum atomic E-state index is 12.5. The smallest absolute Gasteiger partial charge is 0.354 e. The summed E-state index contributed by atoms with van der Waals surface area (Å²) < 4.78 is 37.5. The van der Waals surface area contributed by atoms with Gasteiger partial charge in [-0.05, 0) is 12.5 Å². The number of carbonyl (C=O) groups excluding carboxylic acids is 1. The van der Waals surface area contributed by atoms with Crippen LogP contribution in [0.2, 0.25) is 0 Å². The summed E-state index contributed by atoms with van der Waals surface area (Å²) in [6.07, 6.45) is -0.310. The highest BCUT2D eigenvalue weighted by molar-refractivity contribution is 6.10. The molecule has 1 aliphatic rings.